The number of rotatable bonds is 4. The molecule has 1 aliphatic rings. The van der Waals surface area contributed by atoms with Gasteiger partial charge in [0.05, 0.1) is 5.69 Å². The van der Waals surface area contributed by atoms with Crippen LogP contribution < -0.4 is 10.6 Å². The van der Waals surface area contributed by atoms with Crippen molar-refractivity contribution in [1.29, 1.82) is 0 Å². The van der Waals surface area contributed by atoms with Crippen LogP contribution in [0.2, 0.25) is 0 Å². The molecule has 6 nitrogen and oxygen atoms in total. The maximum Gasteiger partial charge on any atom is 0.329 e. The molecule has 4 amide bonds. The number of benzene rings is 2. The van der Waals surface area contributed by atoms with Crippen molar-refractivity contribution in [3.8, 4) is 0 Å². The molecule has 1 fully saturated rings. The summed E-state index contributed by atoms with van der Waals surface area (Å²) in [5.41, 5.74) is 0.241. The second-order valence-corrected chi connectivity index (χ2v) is 5.46. The number of imide groups is 1. The Morgan fingerprint density at radius 3 is 2.62 bits per heavy atom. The van der Waals surface area contributed by atoms with Gasteiger partial charge in [0.1, 0.15) is 23.9 Å². The number of para-hydroxylation sites is 1. The first-order valence-corrected chi connectivity index (χ1v) is 7.58. The van der Waals surface area contributed by atoms with E-state index in [1.165, 1.54) is 48.5 Å². The van der Waals surface area contributed by atoms with Crippen LogP contribution in [0.15, 0.2) is 54.2 Å². The molecule has 0 bridgehead atoms. The Hall–Kier alpha value is -3.55. The van der Waals surface area contributed by atoms with Crippen molar-refractivity contribution in [2.75, 3.05) is 11.9 Å². The van der Waals surface area contributed by atoms with Crippen LogP contribution in [0, 0.1) is 11.6 Å². The van der Waals surface area contributed by atoms with Crippen molar-refractivity contribution >= 4 is 29.6 Å². The Kier molecular flexibility index (Phi) is 4.74. The molecule has 2 N–H and O–H groups in total. The lowest BCUT2D eigenvalue weighted by Gasteiger charge is -2.12. The second-order valence-electron chi connectivity index (χ2n) is 5.46. The average molecular weight is 357 g/mol. The molecule has 26 heavy (non-hydrogen) atoms. The van der Waals surface area contributed by atoms with Crippen LogP contribution >= 0.6 is 0 Å². The van der Waals surface area contributed by atoms with E-state index in [1.807, 2.05) is 0 Å². The first-order valence-electron chi connectivity index (χ1n) is 7.58. The van der Waals surface area contributed by atoms with Crippen LogP contribution in [0.3, 0.4) is 0 Å². The van der Waals surface area contributed by atoms with Gasteiger partial charge >= 0.3 is 6.03 Å². The summed E-state index contributed by atoms with van der Waals surface area (Å²) >= 11 is 0. The zero-order valence-corrected chi connectivity index (χ0v) is 13.3. The molecular weight excluding hydrogens is 344 g/mol. The summed E-state index contributed by atoms with van der Waals surface area (Å²) in [7, 11) is 0. The number of carbonyl (C=O) groups is 3. The largest absolute Gasteiger partial charge is 0.329 e. The predicted molar refractivity (Wildman–Crippen MR) is 89.7 cm³/mol. The molecule has 3 rings (SSSR count). The molecule has 0 aliphatic carbocycles. The lowest BCUT2D eigenvalue weighted by atomic mass is 10.2. The topological polar surface area (TPSA) is 78.5 Å². The summed E-state index contributed by atoms with van der Waals surface area (Å²) in [5, 5.41) is 4.62. The Labute approximate surface area is 147 Å². The highest BCUT2D eigenvalue weighted by atomic mass is 19.1. The van der Waals surface area contributed by atoms with Crippen LogP contribution in [0.25, 0.3) is 6.08 Å². The number of amides is 4. The van der Waals surface area contributed by atoms with Gasteiger partial charge in [0.15, 0.2) is 0 Å². The molecule has 0 saturated carbocycles. The summed E-state index contributed by atoms with van der Waals surface area (Å²) in [5.74, 6) is -2.59. The van der Waals surface area contributed by atoms with Crippen LogP contribution in [0.5, 0.6) is 0 Å². The molecule has 0 atom stereocenters. The number of carbonyl (C=O) groups excluding carboxylic acids is 3. The third-order valence-electron chi connectivity index (χ3n) is 3.57. The lowest BCUT2D eigenvalue weighted by Crippen LogP contribution is -2.38. The van der Waals surface area contributed by atoms with E-state index in [0.717, 1.165) is 0 Å². The van der Waals surface area contributed by atoms with E-state index >= 15 is 0 Å². The van der Waals surface area contributed by atoms with Gasteiger partial charge in [-0.1, -0.05) is 24.3 Å². The summed E-state index contributed by atoms with van der Waals surface area (Å²) in [6.07, 6.45) is 1.30. The lowest BCUT2D eigenvalue weighted by molar-refractivity contribution is -0.127. The molecule has 0 aromatic heterocycles. The minimum absolute atomic E-state index is 0.0555. The van der Waals surface area contributed by atoms with E-state index < -0.39 is 36.0 Å². The first-order chi connectivity index (χ1) is 12.4. The van der Waals surface area contributed by atoms with Crippen LogP contribution in [0.1, 0.15) is 5.56 Å². The molecule has 2 aromatic carbocycles. The average Bonchev–Trinajstić information content (AvgIpc) is 2.84. The first kappa shape index (κ1) is 17.3. The van der Waals surface area contributed by atoms with Crippen molar-refractivity contribution in [2.24, 2.45) is 0 Å². The van der Waals surface area contributed by atoms with Crippen molar-refractivity contribution in [3.05, 3.63) is 71.4 Å². The van der Waals surface area contributed by atoms with Crippen LogP contribution in [-0.2, 0) is 9.59 Å². The molecule has 1 heterocycles. The maximum absolute atomic E-state index is 13.5. The summed E-state index contributed by atoms with van der Waals surface area (Å²) in [6, 6.07) is 10.2. The van der Waals surface area contributed by atoms with Crippen LogP contribution in [-0.4, -0.2) is 29.3 Å². The number of anilines is 1. The van der Waals surface area contributed by atoms with Gasteiger partial charge in [-0.15, -0.1) is 0 Å². The minimum atomic E-state index is -0.790. The highest BCUT2D eigenvalue weighted by Crippen LogP contribution is 2.16. The van der Waals surface area contributed by atoms with E-state index in [0.29, 0.717) is 10.5 Å². The predicted octanol–water partition coefficient (Wildman–Crippen LogP) is 2.50. The van der Waals surface area contributed by atoms with Gasteiger partial charge in [-0.25, -0.2) is 18.5 Å². The van der Waals surface area contributed by atoms with E-state index in [-0.39, 0.29) is 11.4 Å². The third-order valence-corrected chi connectivity index (χ3v) is 3.57. The van der Waals surface area contributed by atoms with Gasteiger partial charge in [-0.2, -0.15) is 0 Å². The number of hydrogen-bond donors (Lipinski definition) is 2. The molecule has 1 saturated heterocycles. The third kappa shape index (κ3) is 3.75. The van der Waals surface area contributed by atoms with Crippen molar-refractivity contribution in [3.63, 3.8) is 0 Å². The van der Waals surface area contributed by atoms with Crippen molar-refractivity contribution in [1.82, 2.24) is 10.2 Å². The second kappa shape index (κ2) is 7.14. The van der Waals surface area contributed by atoms with Gasteiger partial charge in [-0.3, -0.25) is 9.59 Å². The van der Waals surface area contributed by atoms with Crippen molar-refractivity contribution < 1.29 is 23.2 Å². The molecule has 1 aliphatic heterocycles. The Bertz CT molecular complexity index is 927. The Morgan fingerprint density at radius 2 is 1.88 bits per heavy atom. The molecule has 0 spiro atoms. The molecule has 0 unspecified atom stereocenters. The fourth-order valence-corrected chi connectivity index (χ4v) is 2.37. The summed E-state index contributed by atoms with van der Waals surface area (Å²) in [4.78, 5) is 36.9. The number of halogens is 2. The van der Waals surface area contributed by atoms with Crippen LogP contribution in [0.4, 0.5) is 19.3 Å². The van der Waals surface area contributed by atoms with Gasteiger partial charge in [0, 0.05) is 0 Å². The minimum Gasteiger partial charge on any atom is -0.322 e. The zero-order chi connectivity index (χ0) is 18.7. The standard InChI is InChI=1S/C18H13F2N3O3/c19-12-5-3-4-11(8-12)9-15-17(25)23(18(26)22-15)10-16(24)21-14-7-2-1-6-13(14)20/h1-9H,10H2,(H,21,24)(H,22,26)/b15-9+. The fourth-order valence-electron chi connectivity index (χ4n) is 2.37. The number of nitrogens with zero attached hydrogens (tertiary/aromatic N) is 1. The zero-order valence-electron chi connectivity index (χ0n) is 13.3. The number of urea groups is 1. The van der Waals surface area contributed by atoms with Gasteiger partial charge < -0.3 is 10.6 Å². The van der Waals surface area contributed by atoms with Gasteiger partial charge in [-0.05, 0) is 35.9 Å². The molecular formula is C18H13F2N3O3. The fraction of sp³-hybridized carbons (Fsp3) is 0.0556. The molecule has 0 radical (unpaired) electrons. The SMILES string of the molecule is O=C(CN1C(=O)N/C(=C/c2cccc(F)c2)C1=O)Nc1ccccc1F. The molecule has 132 valence electrons. The monoisotopic (exact) mass is 357 g/mol. The van der Waals surface area contributed by atoms with Crippen molar-refractivity contribution in [2.45, 2.75) is 0 Å². The maximum atomic E-state index is 13.5. The van der Waals surface area contributed by atoms with E-state index in [2.05, 4.69) is 10.6 Å². The number of nitrogens with one attached hydrogen (secondary N) is 2. The molecule has 2 aromatic rings. The highest BCUT2D eigenvalue weighted by Gasteiger charge is 2.35. The Balaban J connectivity index is 1.71. The van der Waals surface area contributed by atoms with E-state index in [4.69, 9.17) is 0 Å². The molecule has 8 heteroatoms. The highest BCUT2D eigenvalue weighted by molar-refractivity contribution is 6.15. The van der Waals surface area contributed by atoms with E-state index in [1.54, 1.807) is 6.07 Å². The Morgan fingerprint density at radius 1 is 1.12 bits per heavy atom. The van der Waals surface area contributed by atoms with Gasteiger partial charge in [0.2, 0.25) is 5.91 Å². The summed E-state index contributed by atoms with van der Waals surface area (Å²) in [6.45, 7) is -0.584. The smallest absolute Gasteiger partial charge is 0.322 e. The summed E-state index contributed by atoms with van der Waals surface area (Å²) < 4.78 is 26.7. The number of hydrogen-bond acceptors (Lipinski definition) is 3. The van der Waals surface area contributed by atoms with Gasteiger partial charge in [0.25, 0.3) is 5.91 Å². The normalized spacial score (nSPS) is 15.3. The quantitative estimate of drug-likeness (QED) is 0.652. The van der Waals surface area contributed by atoms with E-state index in [9.17, 15) is 23.2 Å².